The first-order valence-corrected chi connectivity index (χ1v) is 14.6. The standard InChI is InChI=1S/C26H37N5O6S/c1-4-6-22-21(16-27-34)17(3)24-26(33)28-25(29-31(22)24)20-15-19(7-8-23(20)37-5-2)38(35,36)30-12-9-18(10-13-30)11-14-32/h7-8,15-16,18,25,29,32,34H,4-6,9-14H2,1-3H3,(H,28,33)/b27-16+. The quantitative estimate of drug-likeness (QED) is 0.203. The van der Waals surface area contributed by atoms with E-state index in [0.29, 0.717) is 79.4 Å². The zero-order chi connectivity index (χ0) is 27.4. The number of amides is 1. The molecule has 0 saturated carbocycles. The molecule has 4 rings (SSSR count). The molecule has 3 heterocycles. The van der Waals surface area contributed by atoms with Crippen LogP contribution < -0.4 is 15.5 Å². The second kappa shape index (κ2) is 11.7. The first kappa shape index (κ1) is 27.9. The normalized spacial score (nSPS) is 18.8. The summed E-state index contributed by atoms with van der Waals surface area (Å²) in [5, 5.41) is 24.5. The van der Waals surface area contributed by atoms with E-state index in [1.54, 1.807) is 23.7 Å². The Morgan fingerprint density at radius 2 is 1.97 bits per heavy atom. The van der Waals surface area contributed by atoms with Crippen molar-refractivity contribution in [1.82, 2.24) is 14.3 Å². The van der Waals surface area contributed by atoms with E-state index in [1.165, 1.54) is 16.6 Å². The van der Waals surface area contributed by atoms with Crippen LogP contribution in [0.3, 0.4) is 0 Å². The molecule has 2 aromatic rings. The van der Waals surface area contributed by atoms with Gasteiger partial charge in [0.25, 0.3) is 5.91 Å². The summed E-state index contributed by atoms with van der Waals surface area (Å²) in [6, 6.07) is 4.73. The summed E-state index contributed by atoms with van der Waals surface area (Å²) < 4.78 is 36.1. The number of hydrogen-bond acceptors (Lipinski definition) is 8. The third-order valence-corrected chi connectivity index (χ3v) is 9.22. The SMILES string of the molecule is CCCc1c(/C=N/O)c(C)c2n1NC(c1cc(S(=O)(=O)N3CCC(CCO)CC3)ccc1OCC)NC2=O. The lowest BCUT2D eigenvalue weighted by Crippen LogP contribution is -2.45. The second-order valence-electron chi connectivity index (χ2n) is 9.69. The average molecular weight is 548 g/mol. The largest absolute Gasteiger partial charge is 0.493 e. The molecule has 1 unspecified atom stereocenters. The molecule has 1 amide bonds. The fourth-order valence-electron chi connectivity index (χ4n) is 5.37. The van der Waals surface area contributed by atoms with Crippen LogP contribution in [0, 0.1) is 12.8 Å². The molecule has 0 spiro atoms. The van der Waals surface area contributed by atoms with Gasteiger partial charge in [-0.25, -0.2) is 8.42 Å². The zero-order valence-corrected chi connectivity index (χ0v) is 22.9. The summed E-state index contributed by atoms with van der Waals surface area (Å²) in [5.41, 5.74) is 6.37. The number of nitrogens with zero attached hydrogens (tertiary/aromatic N) is 3. The minimum Gasteiger partial charge on any atom is -0.493 e. The van der Waals surface area contributed by atoms with E-state index in [2.05, 4.69) is 15.9 Å². The number of aliphatic hydroxyl groups is 1. The van der Waals surface area contributed by atoms with Crippen LogP contribution in [0.25, 0.3) is 0 Å². The Bertz CT molecular complexity index is 1300. The van der Waals surface area contributed by atoms with E-state index in [9.17, 15) is 23.5 Å². The molecule has 0 aliphatic carbocycles. The van der Waals surface area contributed by atoms with E-state index in [0.717, 1.165) is 12.1 Å². The highest BCUT2D eigenvalue weighted by Gasteiger charge is 2.34. The fourth-order valence-corrected chi connectivity index (χ4v) is 6.88. The van der Waals surface area contributed by atoms with Gasteiger partial charge in [-0.2, -0.15) is 4.31 Å². The Kier molecular flexibility index (Phi) is 8.64. The van der Waals surface area contributed by atoms with Crippen molar-refractivity contribution in [1.29, 1.82) is 0 Å². The summed E-state index contributed by atoms with van der Waals surface area (Å²) in [6.07, 6.45) is 4.10. The molecule has 208 valence electrons. The van der Waals surface area contributed by atoms with Crippen LogP contribution >= 0.6 is 0 Å². The number of fused-ring (bicyclic) bond motifs is 1. The number of aliphatic hydroxyl groups excluding tert-OH is 1. The molecule has 1 aromatic heterocycles. The van der Waals surface area contributed by atoms with Crippen molar-refractivity contribution in [3.63, 3.8) is 0 Å². The molecule has 2 aliphatic rings. The van der Waals surface area contributed by atoms with Crippen molar-refractivity contribution < 1.29 is 28.3 Å². The van der Waals surface area contributed by atoms with Gasteiger partial charge >= 0.3 is 0 Å². The first-order chi connectivity index (χ1) is 18.3. The Labute approximate surface area is 223 Å². The van der Waals surface area contributed by atoms with Crippen LogP contribution in [0.15, 0.2) is 28.3 Å². The van der Waals surface area contributed by atoms with Gasteiger partial charge in [0.1, 0.15) is 17.6 Å². The first-order valence-electron chi connectivity index (χ1n) is 13.1. The smallest absolute Gasteiger partial charge is 0.272 e. The van der Waals surface area contributed by atoms with Crippen LogP contribution in [0.4, 0.5) is 0 Å². The highest BCUT2D eigenvalue weighted by molar-refractivity contribution is 7.89. The Balaban J connectivity index is 1.71. The number of benzene rings is 1. The minimum atomic E-state index is -3.77. The Morgan fingerprint density at radius 3 is 2.61 bits per heavy atom. The maximum Gasteiger partial charge on any atom is 0.272 e. The van der Waals surface area contributed by atoms with Crippen molar-refractivity contribution in [3.8, 4) is 5.75 Å². The van der Waals surface area contributed by atoms with E-state index in [1.807, 2.05) is 13.8 Å². The fraction of sp³-hybridized carbons (Fsp3) is 0.538. The van der Waals surface area contributed by atoms with Gasteiger partial charge in [-0.3, -0.25) is 14.9 Å². The number of nitrogens with one attached hydrogen (secondary N) is 2. The molecule has 2 aliphatic heterocycles. The predicted octanol–water partition coefficient (Wildman–Crippen LogP) is 2.72. The van der Waals surface area contributed by atoms with Crippen molar-refractivity contribution in [2.24, 2.45) is 11.1 Å². The Hall–Kier alpha value is -3.09. The number of aromatic nitrogens is 1. The maximum atomic E-state index is 13.6. The topological polar surface area (TPSA) is 145 Å². The van der Waals surface area contributed by atoms with E-state index in [-0.39, 0.29) is 17.4 Å². The highest BCUT2D eigenvalue weighted by Crippen LogP contribution is 2.34. The number of oxime groups is 1. The van der Waals surface area contributed by atoms with Gasteiger partial charge in [0.2, 0.25) is 10.0 Å². The van der Waals surface area contributed by atoms with Gasteiger partial charge in [-0.15, -0.1) is 0 Å². The predicted molar refractivity (Wildman–Crippen MR) is 143 cm³/mol. The number of ether oxygens (including phenoxy) is 1. The highest BCUT2D eigenvalue weighted by atomic mass is 32.2. The van der Waals surface area contributed by atoms with Gasteiger partial charge < -0.3 is 20.4 Å². The molecule has 11 nitrogen and oxygen atoms in total. The third-order valence-electron chi connectivity index (χ3n) is 7.33. The zero-order valence-electron chi connectivity index (χ0n) is 22.1. The molecule has 12 heteroatoms. The summed E-state index contributed by atoms with van der Waals surface area (Å²) in [7, 11) is -3.77. The summed E-state index contributed by atoms with van der Waals surface area (Å²) in [6.45, 7) is 6.92. The summed E-state index contributed by atoms with van der Waals surface area (Å²) in [4.78, 5) is 13.4. The van der Waals surface area contributed by atoms with Crippen LogP contribution in [0.2, 0.25) is 0 Å². The van der Waals surface area contributed by atoms with Crippen LogP contribution in [-0.2, 0) is 16.4 Å². The molecule has 1 atom stereocenters. The summed E-state index contributed by atoms with van der Waals surface area (Å²) >= 11 is 0. The van der Waals surface area contributed by atoms with Crippen molar-refractivity contribution in [2.45, 2.75) is 63.9 Å². The third kappa shape index (κ3) is 5.25. The molecule has 0 bridgehead atoms. The maximum absolute atomic E-state index is 13.6. The number of piperidine rings is 1. The molecule has 38 heavy (non-hydrogen) atoms. The molecular formula is C26H37N5O6S. The van der Waals surface area contributed by atoms with Crippen molar-refractivity contribution in [3.05, 3.63) is 46.3 Å². The van der Waals surface area contributed by atoms with Gasteiger partial charge in [-0.1, -0.05) is 18.5 Å². The number of hydrogen-bond donors (Lipinski definition) is 4. The molecular weight excluding hydrogens is 510 g/mol. The lowest BCUT2D eigenvalue weighted by Gasteiger charge is -2.32. The monoisotopic (exact) mass is 547 g/mol. The van der Waals surface area contributed by atoms with Crippen LogP contribution in [0.5, 0.6) is 5.75 Å². The average Bonchev–Trinajstić information content (AvgIpc) is 3.16. The van der Waals surface area contributed by atoms with Crippen LogP contribution in [0.1, 0.15) is 78.6 Å². The van der Waals surface area contributed by atoms with Gasteiger partial charge in [0.05, 0.1) is 17.7 Å². The second-order valence-corrected chi connectivity index (χ2v) is 11.6. The van der Waals surface area contributed by atoms with Crippen LogP contribution in [-0.4, -0.2) is 66.1 Å². The van der Waals surface area contributed by atoms with Crippen molar-refractivity contribution >= 4 is 22.1 Å². The molecule has 0 radical (unpaired) electrons. The molecule has 1 saturated heterocycles. The molecule has 1 aromatic carbocycles. The van der Waals surface area contributed by atoms with Gasteiger partial charge in [-0.05, 0) is 69.2 Å². The lowest BCUT2D eigenvalue weighted by molar-refractivity contribution is 0.0913. The molecule has 4 N–H and O–H groups in total. The molecule has 1 fully saturated rings. The van der Waals surface area contributed by atoms with Gasteiger partial charge in [0.15, 0.2) is 0 Å². The minimum absolute atomic E-state index is 0.108. The Morgan fingerprint density at radius 1 is 1.24 bits per heavy atom. The van der Waals surface area contributed by atoms with E-state index in [4.69, 9.17) is 4.74 Å². The van der Waals surface area contributed by atoms with E-state index < -0.39 is 16.2 Å². The van der Waals surface area contributed by atoms with E-state index >= 15 is 0 Å². The number of rotatable bonds is 10. The summed E-state index contributed by atoms with van der Waals surface area (Å²) in [5.74, 6) is 0.455. The number of carbonyl (C=O) groups is 1. The van der Waals surface area contributed by atoms with Gasteiger partial charge in [0, 0.05) is 36.5 Å². The van der Waals surface area contributed by atoms with Crippen molar-refractivity contribution in [2.75, 3.05) is 31.7 Å². The lowest BCUT2D eigenvalue weighted by atomic mass is 9.95. The number of sulfonamides is 1. The number of carbonyl (C=O) groups excluding carboxylic acids is 1.